The molecular formula is C17H16O4S. The molecule has 2 rings (SSSR count). The number of aromatic hydroxyl groups is 1. The number of benzene rings is 2. The van der Waals surface area contributed by atoms with Gasteiger partial charge in [-0.05, 0) is 47.7 Å². The lowest BCUT2D eigenvalue weighted by molar-refractivity contribution is -0.107. The van der Waals surface area contributed by atoms with Crippen LogP contribution in [-0.4, -0.2) is 24.4 Å². The molecule has 0 aliphatic heterocycles. The molecule has 2 aromatic carbocycles. The monoisotopic (exact) mass is 316 g/mol. The zero-order valence-corrected chi connectivity index (χ0v) is 13.1. The molecule has 0 heterocycles. The summed E-state index contributed by atoms with van der Waals surface area (Å²) < 4.78 is 10.2. The van der Waals surface area contributed by atoms with Gasteiger partial charge in [-0.3, -0.25) is 4.79 Å². The molecule has 0 saturated heterocycles. The highest BCUT2D eigenvalue weighted by molar-refractivity contribution is 8.14. The van der Waals surface area contributed by atoms with E-state index in [-0.39, 0.29) is 10.9 Å². The van der Waals surface area contributed by atoms with E-state index in [9.17, 15) is 9.90 Å². The molecule has 2 aromatic rings. The van der Waals surface area contributed by atoms with E-state index in [0.717, 1.165) is 16.7 Å². The lowest BCUT2D eigenvalue weighted by Crippen LogP contribution is -1.90. The van der Waals surface area contributed by atoms with Crippen molar-refractivity contribution in [3.63, 3.8) is 0 Å². The second-order valence-corrected chi connectivity index (χ2v) is 5.42. The number of rotatable bonds is 5. The SMILES string of the molecule is COc1cc(C=CC(=O)Sc2ccccc2)cc(OC)c1O. The molecule has 0 aliphatic carbocycles. The van der Waals surface area contributed by atoms with Crippen LogP contribution in [0.3, 0.4) is 0 Å². The summed E-state index contributed by atoms with van der Waals surface area (Å²) in [6, 6.07) is 12.7. The molecule has 0 saturated carbocycles. The molecule has 0 amide bonds. The number of phenolic OH excluding ortho intramolecular Hbond substituents is 1. The maximum absolute atomic E-state index is 11.9. The number of carbonyl (C=O) groups is 1. The van der Waals surface area contributed by atoms with Crippen molar-refractivity contribution in [3.05, 3.63) is 54.1 Å². The Morgan fingerprint density at radius 3 is 2.23 bits per heavy atom. The van der Waals surface area contributed by atoms with E-state index < -0.39 is 0 Å². The predicted octanol–water partition coefficient (Wildman–Crippen LogP) is 3.74. The van der Waals surface area contributed by atoms with Crippen LogP contribution in [0.15, 0.2) is 53.4 Å². The number of hydrogen-bond acceptors (Lipinski definition) is 5. The first kappa shape index (κ1) is 16.0. The van der Waals surface area contributed by atoms with E-state index in [4.69, 9.17) is 9.47 Å². The third kappa shape index (κ3) is 4.05. The van der Waals surface area contributed by atoms with Crippen LogP contribution in [0.25, 0.3) is 6.08 Å². The van der Waals surface area contributed by atoms with Gasteiger partial charge in [-0.1, -0.05) is 24.3 Å². The Hall–Kier alpha value is -2.40. The molecule has 4 nitrogen and oxygen atoms in total. The summed E-state index contributed by atoms with van der Waals surface area (Å²) in [6.07, 6.45) is 3.13. The third-order valence-electron chi connectivity index (χ3n) is 2.88. The Balaban J connectivity index is 2.14. The first-order chi connectivity index (χ1) is 10.6. The van der Waals surface area contributed by atoms with E-state index in [1.54, 1.807) is 18.2 Å². The van der Waals surface area contributed by atoms with Crippen molar-refractivity contribution < 1.29 is 19.4 Å². The van der Waals surface area contributed by atoms with E-state index in [0.29, 0.717) is 17.1 Å². The van der Waals surface area contributed by atoms with Gasteiger partial charge in [0.15, 0.2) is 11.5 Å². The molecule has 0 unspecified atom stereocenters. The smallest absolute Gasteiger partial charge is 0.216 e. The summed E-state index contributed by atoms with van der Waals surface area (Å²) in [5, 5.41) is 9.75. The van der Waals surface area contributed by atoms with Gasteiger partial charge in [0.2, 0.25) is 10.9 Å². The molecule has 1 N–H and O–H groups in total. The predicted molar refractivity (Wildman–Crippen MR) is 87.6 cm³/mol. The molecule has 0 spiro atoms. The molecule has 22 heavy (non-hydrogen) atoms. The van der Waals surface area contributed by atoms with Crippen LogP contribution < -0.4 is 9.47 Å². The summed E-state index contributed by atoms with van der Waals surface area (Å²) in [4.78, 5) is 12.8. The average Bonchev–Trinajstić information content (AvgIpc) is 2.54. The van der Waals surface area contributed by atoms with Crippen LogP contribution in [0, 0.1) is 0 Å². The average molecular weight is 316 g/mol. The van der Waals surface area contributed by atoms with Gasteiger partial charge in [-0.15, -0.1) is 0 Å². The number of carbonyl (C=O) groups excluding carboxylic acids is 1. The molecule has 0 bridgehead atoms. The summed E-state index contributed by atoms with van der Waals surface area (Å²) in [5.74, 6) is 0.524. The van der Waals surface area contributed by atoms with Gasteiger partial charge >= 0.3 is 0 Å². The van der Waals surface area contributed by atoms with Gasteiger partial charge in [0.05, 0.1) is 14.2 Å². The fraction of sp³-hybridized carbons (Fsp3) is 0.118. The third-order valence-corrected chi connectivity index (χ3v) is 3.72. The Labute approximate surface area is 133 Å². The van der Waals surface area contributed by atoms with Crippen molar-refractivity contribution in [2.24, 2.45) is 0 Å². The Kier molecular flexibility index (Phi) is 5.49. The minimum atomic E-state index is -0.0859. The Morgan fingerprint density at radius 2 is 1.68 bits per heavy atom. The highest BCUT2D eigenvalue weighted by Crippen LogP contribution is 2.37. The first-order valence-electron chi connectivity index (χ1n) is 6.54. The second kappa shape index (κ2) is 7.56. The molecule has 114 valence electrons. The highest BCUT2D eigenvalue weighted by Gasteiger charge is 2.10. The number of thioether (sulfide) groups is 1. The summed E-state index contributed by atoms with van der Waals surface area (Å²) in [6.45, 7) is 0. The molecular weight excluding hydrogens is 300 g/mol. The highest BCUT2D eigenvalue weighted by atomic mass is 32.2. The number of hydrogen-bond donors (Lipinski definition) is 1. The van der Waals surface area contributed by atoms with Crippen LogP contribution in [0.1, 0.15) is 5.56 Å². The molecule has 0 aromatic heterocycles. The van der Waals surface area contributed by atoms with E-state index in [1.165, 1.54) is 20.3 Å². The molecule has 0 aliphatic rings. The molecule has 0 fully saturated rings. The largest absolute Gasteiger partial charge is 0.502 e. The number of phenols is 1. The van der Waals surface area contributed by atoms with Crippen LogP contribution in [-0.2, 0) is 4.79 Å². The van der Waals surface area contributed by atoms with Crippen molar-refractivity contribution >= 4 is 23.0 Å². The van der Waals surface area contributed by atoms with E-state index in [1.807, 2.05) is 30.3 Å². The summed E-state index contributed by atoms with van der Waals surface area (Å²) >= 11 is 1.15. The van der Waals surface area contributed by atoms with Crippen molar-refractivity contribution in [1.82, 2.24) is 0 Å². The van der Waals surface area contributed by atoms with Crippen molar-refractivity contribution in [3.8, 4) is 17.2 Å². The quantitative estimate of drug-likeness (QED) is 0.672. The van der Waals surface area contributed by atoms with Gasteiger partial charge < -0.3 is 14.6 Å². The summed E-state index contributed by atoms with van der Waals surface area (Å²) in [5.41, 5.74) is 0.702. The minimum Gasteiger partial charge on any atom is -0.502 e. The molecule has 0 radical (unpaired) electrons. The first-order valence-corrected chi connectivity index (χ1v) is 7.35. The van der Waals surface area contributed by atoms with Gasteiger partial charge in [0.25, 0.3) is 0 Å². The van der Waals surface area contributed by atoms with E-state index in [2.05, 4.69) is 0 Å². The van der Waals surface area contributed by atoms with Crippen LogP contribution in [0.2, 0.25) is 0 Å². The fourth-order valence-corrected chi connectivity index (χ4v) is 2.47. The number of methoxy groups -OCH3 is 2. The normalized spacial score (nSPS) is 10.6. The van der Waals surface area contributed by atoms with Crippen molar-refractivity contribution in [2.45, 2.75) is 4.90 Å². The maximum Gasteiger partial charge on any atom is 0.216 e. The number of ether oxygens (including phenoxy) is 2. The van der Waals surface area contributed by atoms with Crippen LogP contribution >= 0.6 is 11.8 Å². The maximum atomic E-state index is 11.9. The van der Waals surface area contributed by atoms with E-state index >= 15 is 0 Å². The van der Waals surface area contributed by atoms with Gasteiger partial charge in [0, 0.05) is 4.90 Å². The van der Waals surface area contributed by atoms with Crippen LogP contribution in [0.4, 0.5) is 0 Å². The topological polar surface area (TPSA) is 55.8 Å². The van der Waals surface area contributed by atoms with Gasteiger partial charge in [-0.25, -0.2) is 0 Å². The van der Waals surface area contributed by atoms with Crippen molar-refractivity contribution in [1.29, 1.82) is 0 Å². The lowest BCUT2D eigenvalue weighted by atomic mass is 10.1. The Morgan fingerprint density at radius 1 is 1.09 bits per heavy atom. The molecule has 5 heteroatoms. The second-order valence-electron chi connectivity index (χ2n) is 4.34. The minimum absolute atomic E-state index is 0.0628. The Bertz CT molecular complexity index is 655. The molecule has 0 atom stereocenters. The standard InChI is InChI=1S/C17H16O4S/c1-20-14-10-12(11-15(21-2)17(14)19)8-9-16(18)22-13-6-4-3-5-7-13/h3-11,19H,1-2H3. The van der Waals surface area contributed by atoms with Gasteiger partial charge in [0.1, 0.15) is 0 Å². The van der Waals surface area contributed by atoms with Gasteiger partial charge in [-0.2, -0.15) is 0 Å². The van der Waals surface area contributed by atoms with Crippen LogP contribution in [0.5, 0.6) is 17.2 Å². The summed E-state index contributed by atoms with van der Waals surface area (Å²) in [7, 11) is 2.91. The zero-order valence-electron chi connectivity index (χ0n) is 12.3. The zero-order chi connectivity index (χ0) is 15.9. The van der Waals surface area contributed by atoms with Crippen molar-refractivity contribution in [2.75, 3.05) is 14.2 Å². The lowest BCUT2D eigenvalue weighted by Gasteiger charge is -2.09. The fourth-order valence-electron chi connectivity index (χ4n) is 1.81.